The number of fused-ring (bicyclic) bond motifs is 1. The zero-order valence-corrected chi connectivity index (χ0v) is 12.4. The van der Waals surface area contributed by atoms with E-state index >= 15 is 0 Å². The van der Waals surface area contributed by atoms with Gasteiger partial charge in [-0.1, -0.05) is 30.3 Å². The van der Waals surface area contributed by atoms with E-state index in [0.717, 1.165) is 23.2 Å². The molecule has 0 radical (unpaired) electrons. The van der Waals surface area contributed by atoms with E-state index in [0.29, 0.717) is 12.2 Å². The Morgan fingerprint density at radius 2 is 1.83 bits per heavy atom. The minimum Gasteiger partial charge on any atom is -0.357 e. The molecule has 0 bridgehead atoms. The Morgan fingerprint density at radius 1 is 1.04 bits per heavy atom. The fourth-order valence-electron chi connectivity index (χ4n) is 3.02. The number of aromatic nitrogens is 1. The number of anilines is 1. The first-order valence-electron chi connectivity index (χ1n) is 7.56. The Bertz CT molecular complexity index is 867. The summed E-state index contributed by atoms with van der Waals surface area (Å²) in [4.78, 5) is 17.6. The van der Waals surface area contributed by atoms with Crippen LogP contribution in [0.15, 0.2) is 60.8 Å². The average molecular weight is 306 g/mol. The summed E-state index contributed by atoms with van der Waals surface area (Å²) in [5, 5.41) is 0. The van der Waals surface area contributed by atoms with E-state index in [-0.39, 0.29) is 11.7 Å². The van der Waals surface area contributed by atoms with E-state index < -0.39 is 0 Å². The molecule has 1 N–H and O–H groups in total. The lowest BCUT2D eigenvalue weighted by molar-refractivity contribution is 0.0985. The predicted molar refractivity (Wildman–Crippen MR) is 88.0 cm³/mol. The number of hydrogen-bond donors (Lipinski definition) is 1. The number of carbonyl (C=O) groups is 1. The molecule has 0 aliphatic carbocycles. The number of benzene rings is 2. The molecule has 0 unspecified atom stereocenters. The quantitative estimate of drug-likeness (QED) is 0.762. The Morgan fingerprint density at radius 3 is 2.65 bits per heavy atom. The largest absolute Gasteiger partial charge is 0.357 e. The summed E-state index contributed by atoms with van der Waals surface area (Å²) in [7, 11) is 0. The van der Waals surface area contributed by atoms with Crippen LogP contribution in [0.25, 0.3) is 11.1 Å². The van der Waals surface area contributed by atoms with Crippen LogP contribution in [0.1, 0.15) is 16.1 Å². The number of aromatic amines is 1. The van der Waals surface area contributed by atoms with Crippen LogP contribution in [0.5, 0.6) is 0 Å². The van der Waals surface area contributed by atoms with Crippen molar-refractivity contribution < 1.29 is 9.18 Å². The highest BCUT2D eigenvalue weighted by atomic mass is 19.1. The van der Waals surface area contributed by atoms with Crippen molar-refractivity contribution in [1.82, 2.24) is 4.98 Å². The Labute approximate surface area is 133 Å². The van der Waals surface area contributed by atoms with Crippen molar-refractivity contribution >= 4 is 11.6 Å². The van der Waals surface area contributed by atoms with Gasteiger partial charge in [-0.15, -0.1) is 0 Å². The Kier molecular flexibility index (Phi) is 3.23. The van der Waals surface area contributed by atoms with Gasteiger partial charge in [-0.3, -0.25) is 4.79 Å². The van der Waals surface area contributed by atoms with Crippen molar-refractivity contribution in [2.45, 2.75) is 6.42 Å². The van der Waals surface area contributed by atoms with Gasteiger partial charge in [-0.2, -0.15) is 0 Å². The van der Waals surface area contributed by atoms with Crippen molar-refractivity contribution in [3.8, 4) is 11.1 Å². The lowest BCUT2D eigenvalue weighted by Gasteiger charge is -2.16. The molecule has 0 saturated carbocycles. The first kappa shape index (κ1) is 13.8. The summed E-state index contributed by atoms with van der Waals surface area (Å²) in [6, 6.07) is 16.0. The van der Waals surface area contributed by atoms with Gasteiger partial charge in [0.1, 0.15) is 11.5 Å². The van der Waals surface area contributed by atoms with Crippen molar-refractivity contribution in [3.63, 3.8) is 0 Å². The third-order valence-corrected chi connectivity index (χ3v) is 4.22. The fourth-order valence-corrected chi connectivity index (χ4v) is 3.02. The molecule has 3 aromatic rings. The molecular weight excluding hydrogens is 291 g/mol. The highest BCUT2D eigenvalue weighted by Gasteiger charge is 2.25. The smallest absolute Gasteiger partial charge is 0.274 e. The molecule has 0 spiro atoms. The predicted octanol–water partition coefficient (Wildman–Crippen LogP) is 4.02. The SMILES string of the molecule is O=C(c1cc(-c2ccc(F)cc2)c[nH]1)N1CCc2ccccc21. The van der Waals surface area contributed by atoms with Crippen LogP contribution in [-0.4, -0.2) is 17.4 Å². The van der Waals surface area contributed by atoms with Crippen LogP contribution in [-0.2, 0) is 6.42 Å². The molecular formula is C19H15FN2O. The topological polar surface area (TPSA) is 36.1 Å². The maximum atomic E-state index is 13.0. The normalized spacial score (nSPS) is 13.2. The maximum absolute atomic E-state index is 13.0. The van der Waals surface area contributed by atoms with Gasteiger partial charge in [-0.25, -0.2) is 4.39 Å². The molecule has 0 saturated heterocycles. The minimum absolute atomic E-state index is 0.0386. The van der Waals surface area contributed by atoms with Gasteiger partial charge < -0.3 is 9.88 Å². The van der Waals surface area contributed by atoms with Crippen LogP contribution in [0, 0.1) is 5.82 Å². The van der Waals surface area contributed by atoms with Crippen LogP contribution in [0.4, 0.5) is 10.1 Å². The van der Waals surface area contributed by atoms with Gasteiger partial charge in [-0.05, 0) is 47.4 Å². The lowest BCUT2D eigenvalue weighted by atomic mass is 10.1. The van der Waals surface area contributed by atoms with E-state index in [4.69, 9.17) is 0 Å². The number of carbonyl (C=O) groups excluding carboxylic acids is 1. The van der Waals surface area contributed by atoms with Crippen molar-refractivity contribution in [1.29, 1.82) is 0 Å². The Hall–Kier alpha value is -2.88. The number of amides is 1. The minimum atomic E-state index is -0.269. The number of halogens is 1. The van der Waals surface area contributed by atoms with Crippen molar-refractivity contribution in [2.24, 2.45) is 0 Å². The van der Waals surface area contributed by atoms with E-state index in [9.17, 15) is 9.18 Å². The second-order valence-corrected chi connectivity index (χ2v) is 5.64. The third-order valence-electron chi connectivity index (χ3n) is 4.22. The summed E-state index contributed by atoms with van der Waals surface area (Å²) >= 11 is 0. The van der Waals surface area contributed by atoms with Crippen LogP contribution in [0.3, 0.4) is 0 Å². The number of H-pyrrole nitrogens is 1. The molecule has 1 aromatic heterocycles. The molecule has 4 rings (SSSR count). The van der Waals surface area contributed by atoms with Gasteiger partial charge in [0.15, 0.2) is 0 Å². The summed E-state index contributed by atoms with van der Waals surface area (Å²) < 4.78 is 13.0. The van der Waals surface area contributed by atoms with E-state index in [1.54, 1.807) is 23.2 Å². The molecule has 0 atom stereocenters. The molecule has 0 fully saturated rings. The summed E-state index contributed by atoms with van der Waals surface area (Å²) in [5.41, 5.74) is 4.48. The number of nitrogens with zero attached hydrogens (tertiary/aromatic N) is 1. The van der Waals surface area contributed by atoms with Gasteiger partial charge in [0.25, 0.3) is 5.91 Å². The van der Waals surface area contributed by atoms with Gasteiger partial charge in [0.05, 0.1) is 0 Å². The van der Waals surface area contributed by atoms with Gasteiger partial charge >= 0.3 is 0 Å². The highest BCUT2D eigenvalue weighted by molar-refractivity contribution is 6.06. The van der Waals surface area contributed by atoms with E-state index in [1.165, 1.54) is 17.7 Å². The second kappa shape index (κ2) is 5.39. The van der Waals surface area contributed by atoms with Crippen LogP contribution < -0.4 is 4.90 Å². The average Bonchev–Trinajstić information content (AvgIpc) is 3.22. The standard InChI is InChI=1S/C19H15FN2O/c20-16-7-5-13(6-8-16)15-11-17(21-12-15)19(23)22-10-9-14-3-1-2-4-18(14)22/h1-8,11-12,21H,9-10H2. The molecule has 114 valence electrons. The van der Waals surface area contributed by atoms with E-state index in [2.05, 4.69) is 11.1 Å². The molecule has 1 amide bonds. The molecule has 1 aliphatic heterocycles. The van der Waals surface area contributed by atoms with Gasteiger partial charge in [0.2, 0.25) is 0 Å². The lowest BCUT2D eigenvalue weighted by Crippen LogP contribution is -2.29. The summed E-state index contributed by atoms with van der Waals surface area (Å²) in [5.74, 6) is -0.308. The number of rotatable bonds is 2. The number of para-hydroxylation sites is 1. The molecule has 2 aromatic carbocycles. The maximum Gasteiger partial charge on any atom is 0.274 e. The third kappa shape index (κ3) is 2.42. The zero-order chi connectivity index (χ0) is 15.8. The highest BCUT2D eigenvalue weighted by Crippen LogP contribution is 2.29. The molecule has 4 heteroatoms. The number of nitrogens with one attached hydrogen (secondary N) is 1. The molecule has 2 heterocycles. The first-order valence-corrected chi connectivity index (χ1v) is 7.56. The summed E-state index contributed by atoms with van der Waals surface area (Å²) in [6.45, 7) is 0.698. The second-order valence-electron chi connectivity index (χ2n) is 5.64. The summed E-state index contributed by atoms with van der Waals surface area (Å²) in [6.07, 6.45) is 2.66. The molecule has 23 heavy (non-hydrogen) atoms. The molecule has 1 aliphatic rings. The fraction of sp³-hybridized carbons (Fsp3) is 0.105. The van der Waals surface area contributed by atoms with E-state index in [1.807, 2.05) is 24.3 Å². The van der Waals surface area contributed by atoms with Gasteiger partial charge in [0, 0.05) is 18.4 Å². The number of hydrogen-bond acceptors (Lipinski definition) is 1. The van der Waals surface area contributed by atoms with Crippen molar-refractivity contribution in [2.75, 3.05) is 11.4 Å². The first-order chi connectivity index (χ1) is 11.2. The monoisotopic (exact) mass is 306 g/mol. The Balaban J connectivity index is 1.62. The molecule has 3 nitrogen and oxygen atoms in total. The van der Waals surface area contributed by atoms with Crippen LogP contribution >= 0.6 is 0 Å². The zero-order valence-electron chi connectivity index (χ0n) is 12.4. The van der Waals surface area contributed by atoms with Crippen molar-refractivity contribution in [3.05, 3.63) is 77.9 Å². The van der Waals surface area contributed by atoms with Crippen LogP contribution in [0.2, 0.25) is 0 Å².